The summed E-state index contributed by atoms with van der Waals surface area (Å²) in [5, 5.41) is 16.0. The van der Waals surface area contributed by atoms with Gasteiger partial charge in [0.15, 0.2) is 11.6 Å². The van der Waals surface area contributed by atoms with Crippen LogP contribution in [-0.4, -0.2) is 69.3 Å². The molecule has 1 aliphatic heterocycles. The Hall–Kier alpha value is -4.84. The Morgan fingerprint density at radius 2 is 1.67 bits per heavy atom. The fraction of sp³-hybridized carbons (Fsp3) is 0.412. The van der Waals surface area contributed by atoms with Crippen LogP contribution in [0, 0.1) is 11.6 Å². The van der Waals surface area contributed by atoms with Crippen LogP contribution in [-0.2, 0) is 33.2 Å². The van der Waals surface area contributed by atoms with E-state index >= 15 is 8.78 Å². The van der Waals surface area contributed by atoms with E-state index in [2.05, 4.69) is 15.3 Å². The van der Waals surface area contributed by atoms with E-state index in [1.165, 1.54) is 18.1 Å². The van der Waals surface area contributed by atoms with Crippen LogP contribution in [0.2, 0.25) is 0 Å². The van der Waals surface area contributed by atoms with Crippen molar-refractivity contribution in [2.45, 2.75) is 63.5 Å². The highest BCUT2D eigenvalue weighted by Crippen LogP contribution is 2.45. The SMILES string of the molecule is CCCOCCOc1ccc(CN2C(=O)C(C(=O)Nc3ccc(C(F)(F)F)cc3-c3cc(C(F)(F)F)ncn3)=C(O)C3(CCCC3)N2C)c(F)c1F. The van der Waals surface area contributed by atoms with Gasteiger partial charge >= 0.3 is 12.4 Å². The molecule has 0 unspecified atom stereocenters. The standard InChI is InChI=1S/C34H33F8N5O5/c1-3-12-51-13-14-52-24-9-6-19(27(35)28(24)36)17-47-31(50)26(29(48)32(46(47)2)10-4-5-11-32)30(49)45-22-8-7-20(33(37,38)39)15-21(22)23-16-25(34(40,41)42)44-18-43-23/h6-9,15-16,18,48H,3-5,10-14,17H2,1-2H3,(H,45,49). The fourth-order valence-electron chi connectivity index (χ4n) is 6.20. The Morgan fingerprint density at radius 3 is 2.33 bits per heavy atom. The lowest BCUT2D eigenvalue weighted by molar-refractivity contribution is -0.163. The number of alkyl halides is 6. The number of amides is 2. The van der Waals surface area contributed by atoms with Gasteiger partial charge in [0.1, 0.15) is 30.0 Å². The van der Waals surface area contributed by atoms with Gasteiger partial charge in [0.25, 0.3) is 11.8 Å². The van der Waals surface area contributed by atoms with Crippen molar-refractivity contribution in [3.8, 4) is 17.0 Å². The predicted octanol–water partition coefficient (Wildman–Crippen LogP) is 7.22. The van der Waals surface area contributed by atoms with Gasteiger partial charge in [-0.2, -0.15) is 30.7 Å². The number of aromatic nitrogens is 2. The Balaban J connectivity index is 1.49. The van der Waals surface area contributed by atoms with Gasteiger partial charge in [-0.1, -0.05) is 25.8 Å². The molecule has 0 bridgehead atoms. The van der Waals surface area contributed by atoms with E-state index in [4.69, 9.17) is 9.47 Å². The summed E-state index contributed by atoms with van der Waals surface area (Å²) < 4.78 is 122. The normalized spacial score (nSPS) is 16.6. The number of benzene rings is 2. The van der Waals surface area contributed by atoms with Gasteiger partial charge in [-0.05, 0) is 49.6 Å². The molecule has 10 nitrogen and oxygen atoms in total. The molecule has 2 amide bonds. The van der Waals surface area contributed by atoms with Crippen molar-refractivity contribution >= 4 is 17.5 Å². The van der Waals surface area contributed by atoms with E-state index < -0.39 is 93.2 Å². The third-order valence-electron chi connectivity index (χ3n) is 8.87. The summed E-state index contributed by atoms with van der Waals surface area (Å²) in [6.07, 6.45) is -7.15. The molecule has 0 saturated heterocycles. The molecule has 0 radical (unpaired) electrons. The number of likely N-dealkylation sites (N-methyl/N-ethyl adjacent to an activating group) is 1. The molecule has 2 heterocycles. The second-order valence-electron chi connectivity index (χ2n) is 12.2. The van der Waals surface area contributed by atoms with Gasteiger partial charge in [0, 0.05) is 24.8 Å². The molecular weight excluding hydrogens is 710 g/mol. The average molecular weight is 744 g/mol. The van der Waals surface area contributed by atoms with Crippen molar-refractivity contribution in [2.24, 2.45) is 0 Å². The van der Waals surface area contributed by atoms with E-state index in [1.54, 1.807) is 0 Å². The molecule has 280 valence electrons. The Labute approximate surface area is 292 Å². The average Bonchev–Trinajstić information content (AvgIpc) is 3.59. The van der Waals surface area contributed by atoms with Gasteiger partial charge in [-0.15, -0.1) is 0 Å². The zero-order valence-electron chi connectivity index (χ0n) is 27.8. The first-order valence-electron chi connectivity index (χ1n) is 16.1. The lowest BCUT2D eigenvalue weighted by atomic mass is 9.88. The first kappa shape index (κ1) is 38.4. The number of nitrogens with one attached hydrogen (secondary N) is 1. The summed E-state index contributed by atoms with van der Waals surface area (Å²) in [4.78, 5) is 34.6. The minimum Gasteiger partial charge on any atom is -0.509 e. The highest BCUT2D eigenvalue weighted by Gasteiger charge is 2.53. The van der Waals surface area contributed by atoms with Crippen LogP contribution in [0.4, 0.5) is 40.8 Å². The van der Waals surface area contributed by atoms with Crippen LogP contribution >= 0.6 is 0 Å². The molecular formula is C34H33F8N5O5. The molecule has 18 heteroatoms. The highest BCUT2D eigenvalue weighted by atomic mass is 19.4. The molecule has 1 aromatic heterocycles. The van der Waals surface area contributed by atoms with Gasteiger partial charge in [0.2, 0.25) is 5.82 Å². The van der Waals surface area contributed by atoms with E-state index in [0.717, 1.165) is 23.6 Å². The minimum atomic E-state index is -4.99. The van der Waals surface area contributed by atoms with Crippen LogP contribution in [0.25, 0.3) is 11.3 Å². The van der Waals surface area contributed by atoms with Crippen LogP contribution < -0.4 is 10.1 Å². The Kier molecular flexibility index (Phi) is 11.1. The van der Waals surface area contributed by atoms with Crippen molar-refractivity contribution in [2.75, 3.05) is 32.2 Å². The molecule has 2 N–H and O–H groups in total. The molecule has 2 aliphatic rings. The van der Waals surface area contributed by atoms with E-state index in [9.17, 15) is 41.0 Å². The molecule has 1 fully saturated rings. The molecule has 0 atom stereocenters. The van der Waals surface area contributed by atoms with Crippen LogP contribution in [0.3, 0.4) is 0 Å². The fourth-order valence-corrected chi connectivity index (χ4v) is 6.20. The number of carbonyl (C=O) groups is 2. The number of ether oxygens (including phenoxy) is 2. The van der Waals surface area contributed by atoms with E-state index in [1.807, 2.05) is 6.92 Å². The maximum atomic E-state index is 15.4. The van der Waals surface area contributed by atoms with Crippen molar-refractivity contribution in [1.82, 2.24) is 20.0 Å². The number of hydrogen-bond acceptors (Lipinski definition) is 8. The number of halogens is 8. The number of rotatable bonds is 11. The van der Waals surface area contributed by atoms with Gasteiger partial charge in [0.05, 0.1) is 35.6 Å². The maximum Gasteiger partial charge on any atom is 0.433 e. The van der Waals surface area contributed by atoms with Crippen LogP contribution in [0.1, 0.15) is 55.8 Å². The van der Waals surface area contributed by atoms with Gasteiger partial charge < -0.3 is 19.9 Å². The number of carbonyl (C=O) groups excluding carboxylic acids is 2. The summed E-state index contributed by atoms with van der Waals surface area (Å²) in [5.41, 5.74) is -6.97. The topological polar surface area (TPSA) is 117 Å². The van der Waals surface area contributed by atoms with E-state index in [0.29, 0.717) is 44.0 Å². The minimum absolute atomic E-state index is 0.0600. The number of aliphatic hydroxyl groups is 1. The lowest BCUT2D eigenvalue weighted by Gasteiger charge is -2.48. The number of aliphatic hydroxyl groups excluding tert-OH is 1. The molecule has 1 saturated carbocycles. The van der Waals surface area contributed by atoms with Gasteiger partial charge in [-0.25, -0.2) is 19.4 Å². The summed E-state index contributed by atoms with van der Waals surface area (Å²) in [6.45, 7) is 1.81. The van der Waals surface area contributed by atoms with Crippen molar-refractivity contribution < 1.29 is 59.3 Å². The van der Waals surface area contributed by atoms with Crippen LogP contribution in [0.5, 0.6) is 5.75 Å². The Morgan fingerprint density at radius 1 is 0.962 bits per heavy atom. The number of anilines is 1. The summed E-state index contributed by atoms with van der Waals surface area (Å²) in [7, 11) is 1.43. The first-order chi connectivity index (χ1) is 24.5. The molecule has 5 rings (SSSR count). The van der Waals surface area contributed by atoms with Crippen molar-refractivity contribution in [3.05, 3.63) is 82.5 Å². The summed E-state index contributed by atoms with van der Waals surface area (Å²) in [6, 6.07) is 4.54. The second-order valence-corrected chi connectivity index (χ2v) is 12.2. The summed E-state index contributed by atoms with van der Waals surface area (Å²) >= 11 is 0. The third kappa shape index (κ3) is 7.67. The smallest absolute Gasteiger partial charge is 0.433 e. The Bertz CT molecular complexity index is 1860. The lowest BCUT2D eigenvalue weighted by Crippen LogP contribution is -2.62. The maximum absolute atomic E-state index is 15.4. The number of hydrazine groups is 1. The molecule has 2 aromatic carbocycles. The van der Waals surface area contributed by atoms with Crippen molar-refractivity contribution in [1.29, 1.82) is 0 Å². The molecule has 3 aromatic rings. The summed E-state index contributed by atoms with van der Waals surface area (Å²) in [5.74, 6) is -6.22. The second kappa shape index (κ2) is 15.0. The highest BCUT2D eigenvalue weighted by molar-refractivity contribution is 6.24. The van der Waals surface area contributed by atoms with Crippen LogP contribution in [0.15, 0.2) is 54.1 Å². The number of hydrogen-bond donors (Lipinski definition) is 2. The van der Waals surface area contributed by atoms with Gasteiger partial charge in [-0.3, -0.25) is 14.6 Å². The zero-order chi connectivity index (χ0) is 38.0. The predicted molar refractivity (Wildman–Crippen MR) is 168 cm³/mol. The number of nitrogens with zero attached hydrogens (tertiary/aromatic N) is 4. The molecule has 52 heavy (non-hydrogen) atoms. The third-order valence-corrected chi connectivity index (χ3v) is 8.87. The largest absolute Gasteiger partial charge is 0.509 e. The molecule has 1 spiro atoms. The molecule has 1 aliphatic carbocycles. The first-order valence-corrected chi connectivity index (χ1v) is 16.1. The monoisotopic (exact) mass is 743 g/mol. The zero-order valence-corrected chi connectivity index (χ0v) is 27.8. The quantitative estimate of drug-likeness (QED) is 0.120. The van der Waals surface area contributed by atoms with Crippen molar-refractivity contribution in [3.63, 3.8) is 0 Å². The van der Waals surface area contributed by atoms with E-state index in [-0.39, 0.29) is 31.6 Å².